The first-order chi connectivity index (χ1) is 11.8. The number of nitrogens with zero attached hydrogens (tertiary/aromatic N) is 3. The fourth-order valence-electron chi connectivity index (χ4n) is 2.73. The largest absolute Gasteiger partial charge is 0.463 e. The van der Waals surface area contributed by atoms with Crippen LogP contribution in [0.25, 0.3) is 0 Å². The van der Waals surface area contributed by atoms with Gasteiger partial charge in [0.05, 0.1) is 17.7 Å². The molecule has 9 heteroatoms. The Balaban J connectivity index is 2.08. The van der Waals surface area contributed by atoms with Crippen LogP contribution in [0.1, 0.15) is 31.0 Å². The molecule has 132 valence electrons. The Morgan fingerprint density at radius 3 is 2.60 bits per heavy atom. The third kappa shape index (κ3) is 3.09. The van der Waals surface area contributed by atoms with Gasteiger partial charge in [0.1, 0.15) is 12.4 Å². The Morgan fingerprint density at radius 2 is 2.00 bits per heavy atom. The number of ether oxygens (including phenoxy) is 1. The molecule has 2 heterocycles. The van der Waals surface area contributed by atoms with Crippen LogP contribution in [0.4, 0.5) is 19.1 Å². The lowest BCUT2D eigenvalue weighted by molar-refractivity contribution is -0.139. The zero-order valence-electron chi connectivity index (χ0n) is 13.5. The van der Waals surface area contributed by atoms with Gasteiger partial charge in [-0.15, -0.1) is 0 Å². The summed E-state index contributed by atoms with van der Waals surface area (Å²) in [4.78, 5) is 16.4. The predicted molar refractivity (Wildman–Crippen MR) is 82.6 cm³/mol. The number of rotatable bonds is 3. The van der Waals surface area contributed by atoms with Crippen molar-refractivity contribution >= 4 is 11.9 Å². The molecule has 1 atom stereocenters. The van der Waals surface area contributed by atoms with Crippen LogP contribution in [0, 0.1) is 0 Å². The highest BCUT2D eigenvalue weighted by Gasteiger charge is 2.35. The number of aromatic nitrogens is 3. The Morgan fingerprint density at radius 1 is 1.32 bits per heavy atom. The van der Waals surface area contributed by atoms with Crippen molar-refractivity contribution < 1.29 is 22.7 Å². The van der Waals surface area contributed by atoms with E-state index in [-0.39, 0.29) is 12.2 Å². The van der Waals surface area contributed by atoms with Crippen molar-refractivity contribution in [3.63, 3.8) is 0 Å². The number of nitrogens with one attached hydrogen (secondary N) is 1. The van der Waals surface area contributed by atoms with Gasteiger partial charge in [-0.3, -0.25) is 0 Å². The van der Waals surface area contributed by atoms with E-state index in [1.807, 2.05) is 0 Å². The molecule has 0 aliphatic carbocycles. The van der Waals surface area contributed by atoms with Crippen LogP contribution < -0.4 is 5.32 Å². The summed E-state index contributed by atoms with van der Waals surface area (Å²) in [6.45, 7) is 3.54. The van der Waals surface area contributed by atoms with Crippen LogP contribution >= 0.6 is 0 Å². The molecule has 1 N–H and O–H groups in total. The monoisotopic (exact) mass is 352 g/mol. The summed E-state index contributed by atoms with van der Waals surface area (Å²) in [5.74, 6) is -0.158. The van der Waals surface area contributed by atoms with Crippen LogP contribution in [-0.2, 0) is 15.7 Å². The fourth-order valence-corrected chi connectivity index (χ4v) is 2.73. The molecule has 1 aliphatic rings. The van der Waals surface area contributed by atoms with E-state index in [2.05, 4.69) is 15.4 Å². The Kier molecular flexibility index (Phi) is 4.23. The van der Waals surface area contributed by atoms with Crippen LogP contribution in [0.2, 0.25) is 0 Å². The molecule has 1 aromatic carbocycles. The van der Waals surface area contributed by atoms with E-state index in [0.29, 0.717) is 17.2 Å². The van der Waals surface area contributed by atoms with Gasteiger partial charge in [-0.25, -0.2) is 9.48 Å². The standard InChI is InChI=1S/C16H15F3N4O2/c1-3-25-14(24)12-9(2)22-15-20-8-21-23(15)13(12)10-4-6-11(7-5-10)16(17,18)19/h4-8,13H,3H2,1-2H3,(H,20,21,22)/t13-/m1/s1. The molecule has 0 saturated heterocycles. The van der Waals surface area contributed by atoms with E-state index in [1.165, 1.54) is 23.1 Å². The average molecular weight is 352 g/mol. The molecule has 0 fully saturated rings. The van der Waals surface area contributed by atoms with Crippen molar-refractivity contribution in [1.29, 1.82) is 0 Å². The van der Waals surface area contributed by atoms with Crippen molar-refractivity contribution in [2.24, 2.45) is 0 Å². The molecule has 0 unspecified atom stereocenters. The van der Waals surface area contributed by atoms with Crippen molar-refractivity contribution in [3.8, 4) is 0 Å². The zero-order valence-corrected chi connectivity index (χ0v) is 13.5. The van der Waals surface area contributed by atoms with E-state index in [0.717, 1.165) is 12.1 Å². The summed E-state index contributed by atoms with van der Waals surface area (Å²) in [6, 6.07) is 3.89. The molecule has 1 aliphatic heterocycles. The fraction of sp³-hybridized carbons (Fsp3) is 0.312. The Hall–Kier alpha value is -2.84. The molecule has 25 heavy (non-hydrogen) atoms. The van der Waals surface area contributed by atoms with Crippen molar-refractivity contribution in [1.82, 2.24) is 14.8 Å². The summed E-state index contributed by atoms with van der Waals surface area (Å²) >= 11 is 0. The van der Waals surface area contributed by atoms with Gasteiger partial charge in [0.15, 0.2) is 0 Å². The minimum absolute atomic E-state index is 0.180. The number of hydrogen-bond donors (Lipinski definition) is 1. The first kappa shape index (κ1) is 17.0. The number of fused-ring (bicyclic) bond motifs is 1. The molecular formula is C16H15F3N4O2. The SMILES string of the molecule is CCOC(=O)C1=C(C)Nc2ncnn2[C@@H]1c1ccc(C(F)(F)F)cc1. The van der Waals surface area contributed by atoms with Crippen molar-refractivity contribution in [2.45, 2.75) is 26.1 Å². The first-order valence-electron chi connectivity index (χ1n) is 7.54. The van der Waals surface area contributed by atoms with Crippen LogP contribution in [-0.4, -0.2) is 27.3 Å². The molecule has 0 radical (unpaired) electrons. The van der Waals surface area contributed by atoms with Gasteiger partial charge in [-0.1, -0.05) is 12.1 Å². The molecule has 1 aromatic heterocycles. The van der Waals surface area contributed by atoms with Gasteiger partial charge in [-0.05, 0) is 31.5 Å². The van der Waals surface area contributed by atoms with Gasteiger partial charge in [0.25, 0.3) is 0 Å². The Bertz CT molecular complexity index is 825. The molecule has 0 bridgehead atoms. The minimum Gasteiger partial charge on any atom is -0.463 e. The number of allylic oxidation sites excluding steroid dienone is 1. The number of alkyl halides is 3. The van der Waals surface area contributed by atoms with Gasteiger partial charge in [-0.2, -0.15) is 23.3 Å². The number of hydrogen-bond acceptors (Lipinski definition) is 5. The van der Waals surface area contributed by atoms with E-state index >= 15 is 0 Å². The number of halogens is 3. The highest BCUT2D eigenvalue weighted by Crippen LogP contribution is 2.36. The van der Waals surface area contributed by atoms with Crippen LogP contribution in [0.3, 0.4) is 0 Å². The average Bonchev–Trinajstić information content (AvgIpc) is 3.00. The minimum atomic E-state index is -4.43. The predicted octanol–water partition coefficient (Wildman–Crippen LogP) is 3.15. The second-order valence-corrected chi connectivity index (χ2v) is 5.43. The molecular weight excluding hydrogens is 337 g/mol. The first-order valence-corrected chi connectivity index (χ1v) is 7.54. The molecule has 0 saturated carbocycles. The summed E-state index contributed by atoms with van der Waals surface area (Å²) in [5.41, 5.74) is 0.509. The van der Waals surface area contributed by atoms with Gasteiger partial charge < -0.3 is 10.1 Å². The van der Waals surface area contributed by atoms with E-state index < -0.39 is 23.8 Å². The number of anilines is 1. The molecule has 2 aromatic rings. The van der Waals surface area contributed by atoms with Crippen molar-refractivity contribution in [2.75, 3.05) is 11.9 Å². The number of esters is 1. The van der Waals surface area contributed by atoms with Crippen molar-refractivity contribution in [3.05, 3.63) is 53.0 Å². The molecule has 0 amide bonds. The van der Waals surface area contributed by atoms with Crippen LogP contribution in [0.5, 0.6) is 0 Å². The summed E-state index contributed by atoms with van der Waals surface area (Å²) in [5, 5.41) is 7.04. The highest BCUT2D eigenvalue weighted by atomic mass is 19.4. The van der Waals surface area contributed by atoms with Crippen LogP contribution in [0.15, 0.2) is 41.9 Å². The van der Waals surface area contributed by atoms with Gasteiger partial charge >= 0.3 is 12.1 Å². The second kappa shape index (κ2) is 6.23. The number of carbonyl (C=O) groups excluding carboxylic acids is 1. The maximum absolute atomic E-state index is 12.8. The Labute approximate surface area is 141 Å². The lowest BCUT2D eigenvalue weighted by Gasteiger charge is -2.28. The topological polar surface area (TPSA) is 69.0 Å². The van der Waals surface area contributed by atoms with E-state index in [4.69, 9.17) is 4.74 Å². The molecule has 3 rings (SSSR count). The summed E-state index contributed by atoms with van der Waals surface area (Å²) in [7, 11) is 0. The quantitative estimate of drug-likeness (QED) is 0.860. The third-order valence-electron chi connectivity index (χ3n) is 3.84. The summed E-state index contributed by atoms with van der Waals surface area (Å²) in [6.07, 6.45) is -3.12. The lowest BCUT2D eigenvalue weighted by Crippen LogP contribution is -2.29. The number of carbonyl (C=O) groups is 1. The third-order valence-corrected chi connectivity index (χ3v) is 3.84. The summed E-state index contributed by atoms with van der Waals surface area (Å²) < 4.78 is 44.9. The van der Waals surface area contributed by atoms with E-state index in [9.17, 15) is 18.0 Å². The smallest absolute Gasteiger partial charge is 0.416 e. The lowest BCUT2D eigenvalue weighted by atomic mass is 9.95. The van der Waals surface area contributed by atoms with E-state index in [1.54, 1.807) is 13.8 Å². The van der Waals surface area contributed by atoms with Gasteiger partial charge in [0.2, 0.25) is 5.95 Å². The molecule has 6 nitrogen and oxygen atoms in total. The zero-order chi connectivity index (χ0) is 18.2. The maximum atomic E-state index is 12.8. The highest BCUT2D eigenvalue weighted by molar-refractivity contribution is 5.92. The molecule has 0 spiro atoms. The normalized spacial score (nSPS) is 17.1. The number of benzene rings is 1. The van der Waals surface area contributed by atoms with Gasteiger partial charge in [0, 0.05) is 5.70 Å². The second-order valence-electron chi connectivity index (χ2n) is 5.43. The maximum Gasteiger partial charge on any atom is 0.416 e.